The normalized spacial score (nSPS) is 17.2. The quantitative estimate of drug-likeness (QED) is 0.852. The smallest absolute Gasteiger partial charge is 0.253 e. The number of anilines is 1. The van der Waals surface area contributed by atoms with Crippen molar-refractivity contribution >= 4 is 23.6 Å². The van der Waals surface area contributed by atoms with Crippen molar-refractivity contribution in [1.29, 1.82) is 0 Å². The van der Waals surface area contributed by atoms with Crippen molar-refractivity contribution in [1.82, 2.24) is 9.80 Å². The number of carbonyl (C=O) groups is 2. The third kappa shape index (κ3) is 4.93. The molecule has 1 fully saturated rings. The Bertz CT molecular complexity index is 900. The minimum atomic E-state index is 0.0475. The molecule has 2 amide bonds. The van der Waals surface area contributed by atoms with E-state index >= 15 is 0 Å². The number of amides is 2. The van der Waals surface area contributed by atoms with Gasteiger partial charge < -0.3 is 10.2 Å². The van der Waals surface area contributed by atoms with Gasteiger partial charge in [0.25, 0.3) is 5.91 Å². The van der Waals surface area contributed by atoms with Gasteiger partial charge in [0.1, 0.15) is 0 Å². The Morgan fingerprint density at radius 2 is 1.79 bits per heavy atom. The second kappa shape index (κ2) is 9.05. The second-order valence-corrected chi connectivity index (χ2v) is 7.66. The van der Waals surface area contributed by atoms with Crippen LogP contribution in [0.5, 0.6) is 0 Å². The lowest BCUT2D eigenvalue weighted by molar-refractivity contribution is -0.116. The third-order valence-corrected chi connectivity index (χ3v) is 5.63. The van der Waals surface area contributed by atoms with E-state index in [1.54, 1.807) is 0 Å². The zero-order valence-electron chi connectivity index (χ0n) is 16.6. The first-order valence-electron chi connectivity index (χ1n) is 10.3. The van der Waals surface area contributed by atoms with Crippen molar-refractivity contribution in [3.8, 4) is 0 Å². The van der Waals surface area contributed by atoms with Gasteiger partial charge in [0.05, 0.1) is 0 Å². The average Bonchev–Trinajstić information content (AvgIpc) is 2.77. The van der Waals surface area contributed by atoms with Crippen LogP contribution in [0.4, 0.5) is 5.69 Å². The third-order valence-electron chi connectivity index (χ3n) is 5.63. The van der Waals surface area contributed by atoms with Gasteiger partial charge in [-0.3, -0.25) is 14.5 Å². The van der Waals surface area contributed by atoms with E-state index in [2.05, 4.69) is 46.6 Å². The van der Waals surface area contributed by atoms with Crippen molar-refractivity contribution in [2.75, 3.05) is 38.0 Å². The van der Waals surface area contributed by atoms with Gasteiger partial charge in [0.15, 0.2) is 0 Å². The van der Waals surface area contributed by atoms with E-state index in [9.17, 15) is 9.59 Å². The molecule has 0 atom stereocenters. The summed E-state index contributed by atoms with van der Waals surface area (Å²) in [5.74, 6) is 0.139. The van der Waals surface area contributed by atoms with Crippen LogP contribution in [-0.2, 0) is 11.2 Å². The van der Waals surface area contributed by atoms with Crippen LogP contribution >= 0.6 is 0 Å². The lowest BCUT2D eigenvalue weighted by atomic mass is 10.00. The zero-order valence-corrected chi connectivity index (χ0v) is 16.6. The fourth-order valence-corrected chi connectivity index (χ4v) is 3.91. The van der Waals surface area contributed by atoms with Crippen LogP contribution in [0, 0.1) is 0 Å². The molecule has 2 aromatic carbocycles. The van der Waals surface area contributed by atoms with Gasteiger partial charge in [0.2, 0.25) is 5.91 Å². The van der Waals surface area contributed by atoms with E-state index in [4.69, 9.17) is 0 Å². The SMILES string of the molecule is O=C1CCc2cc(C(=O)N3CCN(CCC=Cc4ccccc4)CC3)ccc2N1. The van der Waals surface area contributed by atoms with Crippen molar-refractivity contribution in [3.63, 3.8) is 0 Å². The molecular formula is C24H27N3O2. The highest BCUT2D eigenvalue weighted by atomic mass is 16.2. The Labute approximate surface area is 172 Å². The number of rotatable bonds is 5. The standard InChI is InChI=1S/C24H27N3O2/c28-23-12-10-20-18-21(9-11-22(20)25-23)24(29)27-16-14-26(15-17-27)13-5-4-8-19-6-2-1-3-7-19/h1-4,6-9,11,18H,5,10,12-17H2,(H,25,28). The van der Waals surface area contributed by atoms with Crippen LogP contribution < -0.4 is 5.32 Å². The summed E-state index contributed by atoms with van der Waals surface area (Å²) in [6.07, 6.45) is 6.59. The predicted octanol–water partition coefficient (Wildman–Crippen LogP) is 3.43. The van der Waals surface area contributed by atoms with E-state index in [1.165, 1.54) is 5.56 Å². The molecule has 29 heavy (non-hydrogen) atoms. The van der Waals surface area contributed by atoms with E-state index in [0.29, 0.717) is 12.8 Å². The predicted molar refractivity (Wildman–Crippen MR) is 116 cm³/mol. The first kappa shape index (κ1) is 19.4. The Morgan fingerprint density at radius 1 is 1.00 bits per heavy atom. The number of benzene rings is 2. The molecular weight excluding hydrogens is 362 g/mol. The molecule has 1 N–H and O–H groups in total. The molecule has 1 saturated heterocycles. The summed E-state index contributed by atoms with van der Waals surface area (Å²) in [4.78, 5) is 28.7. The summed E-state index contributed by atoms with van der Waals surface area (Å²) < 4.78 is 0. The molecule has 0 aliphatic carbocycles. The van der Waals surface area contributed by atoms with Crippen LogP contribution in [-0.4, -0.2) is 54.3 Å². The van der Waals surface area contributed by atoms with Gasteiger partial charge in [-0.25, -0.2) is 0 Å². The first-order valence-corrected chi connectivity index (χ1v) is 10.3. The van der Waals surface area contributed by atoms with Crippen LogP contribution in [0.15, 0.2) is 54.6 Å². The first-order chi connectivity index (χ1) is 14.2. The molecule has 150 valence electrons. The summed E-state index contributed by atoms with van der Waals surface area (Å²) in [5, 5.41) is 2.87. The maximum Gasteiger partial charge on any atom is 0.253 e. The lowest BCUT2D eigenvalue weighted by Gasteiger charge is -2.34. The van der Waals surface area contributed by atoms with Gasteiger partial charge in [-0.1, -0.05) is 42.5 Å². The molecule has 0 spiro atoms. The molecule has 0 unspecified atom stereocenters. The topological polar surface area (TPSA) is 52.7 Å². The van der Waals surface area contributed by atoms with E-state index in [0.717, 1.165) is 56.0 Å². The largest absolute Gasteiger partial charge is 0.336 e. The summed E-state index contributed by atoms with van der Waals surface area (Å²) >= 11 is 0. The Balaban J connectivity index is 1.25. The van der Waals surface area contributed by atoms with E-state index in [-0.39, 0.29) is 11.8 Å². The molecule has 4 rings (SSSR count). The number of aryl methyl sites for hydroxylation is 1. The van der Waals surface area contributed by atoms with Gasteiger partial charge in [-0.2, -0.15) is 0 Å². The molecule has 2 aliphatic heterocycles. The Hall–Kier alpha value is -2.92. The number of nitrogens with one attached hydrogen (secondary N) is 1. The highest BCUT2D eigenvalue weighted by Gasteiger charge is 2.23. The molecule has 0 radical (unpaired) electrons. The lowest BCUT2D eigenvalue weighted by Crippen LogP contribution is -2.48. The molecule has 0 aromatic heterocycles. The monoisotopic (exact) mass is 389 g/mol. The summed E-state index contributed by atoms with van der Waals surface area (Å²) in [6.45, 7) is 4.35. The number of carbonyl (C=O) groups excluding carboxylic acids is 2. The second-order valence-electron chi connectivity index (χ2n) is 7.66. The van der Waals surface area contributed by atoms with E-state index in [1.807, 2.05) is 29.2 Å². The molecule has 2 heterocycles. The van der Waals surface area contributed by atoms with Gasteiger partial charge >= 0.3 is 0 Å². The van der Waals surface area contributed by atoms with Crippen molar-refractivity contribution in [3.05, 3.63) is 71.3 Å². The summed E-state index contributed by atoms with van der Waals surface area (Å²) in [6, 6.07) is 16.0. The fourth-order valence-electron chi connectivity index (χ4n) is 3.91. The van der Waals surface area contributed by atoms with E-state index < -0.39 is 0 Å². The van der Waals surface area contributed by atoms with Gasteiger partial charge in [-0.05, 0) is 42.2 Å². The van der Waals surface area contributed by atoms with Gasteiger partial charge in [-0.15, -0.1) is 0 Å². The highest BCUT2D eigenvalue weighted by Crippen LogP contribution is 2.24. The number of piperazine rings is 1. The summed E-state index contributed by atoms with van der Waals surface area (Å²) in [7, 11) is 0. The van der Waals surface area contributed by atoms with Crippen LogP contribution in [0.2, 0.25) is 0 Å². The van der Waals surface area contributed by atoms with Crippen LogP contribution in [0.25, 0.3) is 6.08 Å². The zero-order chi connectivity index (χ0) is 20.1. The molecule has 2 aliphatic rings. The molecule has 5 heteroatoms. The number of nitrogens with zero attached hydrogens (tertiary/aromatic N) is 2. The molecule has 2 aromatic rings. The minimum Gasteiger partial charge on any atom is -0.336 e. The highest BCUT2D eigenvalue weighted by molar-refractivity contribution is 5.98. The average molecular weight is 389 g/mol. The van der Waals surface area contributed by atoms with Gasteiger partial charge in [0, 0.05) is 50.4 Å². The molecule has 5 nitrogen and oxygen atoms in total. The molecule has 0 bridgehead atoms. The Morgan fingerprint density at radius 3 is 2.59 bits per heavy atom. The maximum atomic E-state index is 12.9. The summed E-state index contributed by atoms with van der Waals surface area (Å²) in [5.41, 5.74) is 3.84. The van der Waals surface area contributed by atoms with Crippen LogP contribution in [0.1, 0.15) is 34.3 Å². The number of hydrogen-bond acceptors (Lipinski definition) is 3. The minimum absolute atomic E-state index is 0.0475. The van der Waals surface area contributed by atoms with Crippen molar-refractivity contribution in [2.24, 2.45) is 0 Å². The van der Waals surface area contributed by atoms with Crippen LogP contribution in [0.3, 0.4) is 0 Å². The number of fused-ring (bicyclic) bond motifs is 1. The molecule has 0 saturated carbocycles. The Kier molecular flexibility index (Phi) is 6.06. The fraction of sp³-hybridized carbons (Fsp3) is 0.333. The number of hydrogen-bond donors (Lipinski definition) is 1. The maximum absolute atomic E-state index is 12.9. The van der Waals surface area contributed by atoms with Crippen molar-refractivity contribution in [2.45, 2.75) is 19.3 Å². The van der Waals surface area contributed by atoms with Crippen molar-refractivity contribution < 1.29 is 9.59 Å².